The first-order valence-electron chi connectivity index (χ1n) is 7.00. The maximum absolute atomic E-state index is 12.2. The Bertz CT molecular complexity index is 698. The molecule has 0 radical (unpaired) electrons. The summed E-state index contributed by atoms with van der Waals surface area (Å²) in [5.41, 5.74) is 1.90. The number of rotatable bonds is 3. The Morgan fingerprint density at radius 2 is 1.86 bits per heavy atom. The topological polar surface area (TPSA) is 86.9 Å². The van der Waals surface area contributed by atoms with Gasteiger partial charge in [0.1, 0.15) is 0 Å². The molecule has 2 amide bonds. The summed E-state index contributed by atoms with van der Waals surface area (Å²) in [6.07, 6.45) is 0. The molecular weight excluding hydrogens is 280 g/mol. The lowest BCUT2D eigenvalue weighted by Crippen LogP contribution is -2.13. The summed E-state index contributed by atoms with van der Waals surface area (Å²) in [4.78, 5) is 23.3. The molecule has 0 saturated heterocycles. The van der Waals surface area contributed by atoms with Gasteiger partial charge in [0.05, 0.1) is 0 Å². The second-order valence-electron chi connectivity index (χ2n) is 6.13. The third-order valence-electron chi connectivity index (χ3n) is 3.07. The number of carbonyl (C=O) groups is 2. The molecule has 3 N–H and O–H groups in total. The molecule has 0 atom stereocenters. The Morgan fingerprint density at radius 3 is 2.45 bits per heavy atom. The molecule has 0 saturated carbocycles. The van der Waals surface area contributed by atoms with Crippen LogP contribution in [0.5, 0.6) is 0 Å². The van der Waals surface area contributed by atoms with E-state index in [1.807, 2.05) is 6.07 Å². The molecule has 1 aromatic carbocycles. The first-order valence-corrected chi connectivity index (χ1v) is 7.00. The van der Waals surface area contributed by atoms with Crippen LogP contribution in [0.1, 0.15) is 43.7 Å². The van der Waals surface area contributed by atoms with Crippen LogP contribution in [0.25, 0.3) is 0 Å². The summed E-state index contributed by atoms with van der Waals surface area (Å²) in [7, 11) is 0. The minimum Gasteiger partial charge on any atom is -0.326 e. The van der Waals surface area contributed by atoms with Crippen molar-refractivity contribution in [2.45, 2.75) is 33.1 Å². The van der Waals surface area contributed by atoms with Crippen LogP contribution < -0.4 is 10.6 Å². The number of carbonyl (C=O) groups excluding carboxylic acids is 2. The van der Waals surface area contributed by atoms with Crippen LogP contribution in [0.15, 0.2) is 30.3 Å². The van der Waals surface area contributed by atoms with Gasteiger partial charge in [0.25, 0.3) is 5.91 Å². The van der Waals surface area contributed by atoms with E-state index in [1.54, 1.807) is 24.3 Å². The highest BCUT2D eigenvalue weighted by Gasteiger charge is 2.17. The highest BCUT2D eigenvalue weighted by atomic mass is 16.2. The number of nitrogens with one attached hydrogen (secondary N) is 3. The Hall–Kier alpha value is -2.63. The predicted octanol–water partition coefficient (Wildman–Crippen LogP) is 2.92. The van der Waals surface area contributed by atoms with Crippen LogP contribution in [0.2, 0.25) is 0 Å². The summed E-state index contributed by atoms with van der Waals surface area (Å²) in [5, 5.41) is 12.4. The fourth-order valence-corrected chi connectivity index (χ4v) is 1.90. The number of nitrogens with zero attached hydrogens (tertiary/aromatic N) is 1. The summed E-state index contributed by atoms with van der Waals surface area (Å²) in [6.45, 7) is 7.60. The van der Waals surface area contributed by atoms with Crippen LogP contribution in [0.4, 0.5) is 11.5 Å². The van der Waals surface area contributed by atoms with E-state index in [0.717, 1.165) is 5.69 Å². The lowest BCUT2D eigenvalue weighted by Gasteiger charge is -2.14. The number of anilines is 2. The van der Waals surface area contributed by atoms with E-state index in [4.69, 9.17) is 0 Å². The van der Waals surface area contributed by atoms with Crippen molar-refractivity contribution in [2.24, 2.45) is 0 Å². The van der Waals surface area contributed by atoms with Gasteiger partial charge in [0, 0.05) is 35.3 Å². The quantitative estimate of drug-likeness (QED) is 0.814. The lowest BCUT2D eigenvalue weighted by atomic mass is 9.92. The van der Waals surface area contributed by atoms with E-state index >= 15 is 0 Å². The number of H-pyrrole nitrogens is 1. The number of hydrogen-bond acceptors (Lipinski definition) is 3. The van der Waals surface area contributed by atoms with Crippen LogP contribution in [-0.4, -0.2) is 22.0 Å². The van der Waals surface area contributed by atoms with Gasteiger partial charge in [0.15, 0.2) is 5.82 Å². The summed E-state index contributed by atoms with van der Waals surface area (Å²) < 4.78 is 0. The van der Waals surface area contributed by atoms with E-state index in [-0.39, 0.29) is 17.2 Å². The number of aromatic nitrogens is 2. The third-order valence-corrected chi connectivity index (χ3v) is 3.07. The normalized spacial score (nSPS) is 11.1. The largest absolute Gasteiger partial charge is 0.326 e. The smallest absolute Gasteiger partial charge is 0.256 e. The van der Waals surface area contributed by atoms with Gasteiger partial charge in [-0.05, 0) is 18.2 Å². The van der Waals surface area contributed by atoms with Crippen molar-refractivity contribution >= 4 is 23.3 Å². The summed E-state index contributed by atoms with van der Waals surface area (Å²) in [5.74, 6) is 0.0127. The maximum Gasteiger partial charge on any atom is 0.256 e. The van der Waals surface area contributed by atoms with E-state index in [9.17, 15) is 9.59 Å². The Balaban J connectivity index is 2.12. The average molecular weight is 300 g/mol. The fraction of sp³-hybridized carbons (Fsp3) is 0.312. The molecule has 1 heterocycles. The minimum atomic E-state index is -0.279. The zero-order valence-corrected chi connectivity index (χ0v) is 13.2. The standard InChI is InChI=1S/C16H20N4O2/c1-10(21)17-12-7-5-6-11(8-12)15(22)18-14-9-13(19-20-14)16(2,3)4/h5-9H,1-4H3,(H,17,21)(H2,18,19,20,22). The molecule has 0 bridgehead atoms. The molecule has 116 valence electrons. The first kappa shape index (κ1) is 15.8. The Morgan fingerprint density at radius 1 is 1.14 bits per heavy atom. The van der Waals surface area contributed by atoms with Gasteiger partial charge in [-0.15, -0.1) is 0 Å². The summed E-state index contributed by atoms with van der Waals surface area (Å²) in [6, 6.07) is 8.55. The number of amides is 2. The van der Waals surface area contributed by atoms with Crippen molar-refractivity contribution in [3.63, 3.8) is 0 Å². The highest BCUT2D eigenvalue weighted by molar-refractivity contribution is 6.04. The zero-order chi connectivity index (χ0) is 16.3. The van der Waals surface area contributed by atoms with Gasteiger partial charge >= 0.3 is 0 Å². The summed E-state index contributed by atoms with van der Waals surface area (Å²) >= 11 is 0. The van der Waals surface area contributed by atoms with E-state index in [0.29, 0.717) is 17.1 Å². The number of hydrogen-bond donors (Lipinski definition) is 3. The minimum absolute atomic E-state index is 0.0682. The molecule has 22 heavy (non-hydrogen) atoms. The molecule has 0 aliphatic rings. The first-order chi connectivity index (χ1) is 10.3. The second kappa shape index (κ2) is 6.01. The molecule has 0 fully saturated rings. The molecule has 0 aliphatic carbocycles. The van der Waals surface area contributed by atoms with Crippen LogP contribution in [0.3, 0.4) is 0 Å². The van der Waals surface area contributed by atoms with Gasteiger partial charge in [-0.2, -0.15) is 5.10 Å². The van der Waals surface area contributed by atoms with Crippen molar-refractivity contribution in [3.8, 4) is 0 Å². The molecule has 2 aromatic rings. The lowest BCUT2D eigenvalue weighted by molar-refractivity contribution is -0.114. The molecule has 6 heteroatoms. The number of benzene rings is 1. The Kier molecular flexibility index (Phi) is 4.30. The van der Waals surface area contributed by atoms with Gasteiger partial charge < -0.3 is 10.6 Å². The van der Waals surface area contributed by atoms with E-state index < -0.39 is 0 Å². The van der Waals surface area contributed by atoms with E-state index in [1.165, 1.54) is 6.92 Å². The van der Waals surface area contributed by atoms with Crippen LogP contribution in [0, 0.1) is 0 Å². The second-order valence-corrected chi connectivity index (χ2v) is 6.13. The molecule has 0 unspecified atom stereocenters. The fourth-order valence-electron chi connectivity index (χ4n) is 1.90. The van der Waals surface area contributed by atoms with Crippen molar-refractivity contribution in [1.82, 2.24) is 10.2 Å². The van der Waals surface area contributed by atoms with Crippen molar-refractivity contribution in [3.05, 3.63) is 41.6 Å². The molecular formula is C16H20N4O2. The Labute approximate surface area is 129 Å². The van der Waals surface area contributed by atoms with Crippen molar-refractivity contribution < 1.29 is 9.59 Å². The SMILES string of the molecule is CC(=O)Nc1cccc(C(=O)Nc2cc(C(C)(C)C)[nH]n2)c1. The van der Waals surface area contributed by atoms with Gasteiger partial charge in [-0.25, -0.2) is 0 Å². The molecule has 0 aliphatic heterocycles. The van der Waals surface area contributed by atoms with Gasteiger partial charge in [0.2, 0.25) is 5.91 Å². The molecule has 1 aromatic heterocycles. The number of aromatic amines is 1. The van der Waals surface area contributed by atoms with Crippen LogP contribution in [-0.2, 0) is 10.2 Å². The molecule has 6 nitrogen and oxygen atoms in total. The van der Waals surface area contributed by atoms with E-state index in [2.05, 4.69) is 41.6 Å². The maximum atomic E-state index is 12.2. The molecule has 0 spiro atoms. The monoisotopic (exact) mass is 300 g/mol. The zero-order valence-electron chi connectivity index (χ0n) is 13.2. The van der Waals surface area contributed by atoms with Gasteiger partial charge in [-0.1, -0.05) is 26.8 Å². The highest BCUT2D eigenvalue weighted by Crippen LogP contribution is 2.22. The average Bonchev–Trinajstić information content (AvgIpc) is 2.86. The molecule has 2 rings (SSSR count). The van der Waals surface area contributed by atoms with Gasteiger partial charge in [-0.3, -0.25) is 14.7 Å². The van der Waals surface area contributed by atoms with Crippen molar-refractivity contribution in [2.75, 3.05) is 10.6 Å². The van der Waals surface area contributed by atoms with Crippen LogP contribution >= 0.6 is 0 Å². The third kappa shape index (κ3) is 3.94. The predicted molar refractivity (Wildman–Crippen MR) is 86.0 cm³/mol. The van der Waals surface area contributed by atoms with Crippen molar-refractivity contribution in [1.29, 1.82) is 0 Å².